The quantitative estimate of drug-likeness (QED) is 0.0257. The van der Waals surface area contributed by atoms with Crippen molar-refractivity contribution >= 4 is 79.3 Å². The Hall–Kier alpha value is -5.68. The predicted octanol–water partition coefficient (Wildman–Crippen LogP) is 4.47. The van der Waals surface area contributed by atoms with Gasteiger partial charge in [0.25, 0.3) is 11.8 Å². The van der Waals surface area contributed by atoms with E-state index in [1.165, 1.54) is 0 Å². The maximum atomic E-state index is 13.4. The first-order valence-corrected chi connectivity index (χ1v) is 23.2. The van der Waals surface area contributed by atoms with Crippen LogP contribution in [0.25, 0.3) is 0 Å². The molecule has 0 radical (unpaired) electrons. The fourth-order valence-corrected chi connectivity index (χ4v) is 9.69. The van der Waals surface area contributed by atoms with Crippen molar-refractivity contribution in [3.63, 3.8) is 0 Å². The minimum Gasteiger partial charge on any atom is -0.398 e. The first-order chi connectivity index (χ1) is 29.6. The second-order valence-corrected chi connectivity index (χ2v) is 19.6. The van der Waals surface area contributed by atoms with E-state index in [9.17, 15) is 28.8 Å². The van der Waals surface area contributed by atoms with Crippen molar-refractivity contribution < 1.29 is 37.7 Å². The molecule has 0 spiro atoms. The largest absolute Gasteiger partial charge is 0.398 e. The number of hydrogen-bond acceptors (Lipinski definition) is 12. The molecule has 16 heteroatoms. The Morgan fingerprint density at radius 2 is 0.839 bits per heavy atom. The highest BCUT2D eigenvalue weighted by Crippen LogP contribution is 2.37. The first-order valence-electron chi connectivity index (χ1n) is 20.7. The van der Waals surface area contributed by atoms with Crippen LogP contribution in [0.3, 0.4) is 0 Å². The predicted molar refractivity (Wildman–Crippen MR) is 249 cm³/mol. The molecule has 0 saturated carbocycles. The van der Waals surface area contributed by atoms with E-state index in [4.69, 9.17) is 11.5 Å². The molecule has 0 atom stereocenters. The van der Waals surface area contributed by atoms with Gasteiger partial charge in [-0.05, 0) is 24.3 Å². The number of amides is 2. The highest BCUT2D eigenvalue weighted by atomic mass is 33.1. The average molecular weight is 881 g/mol. The molecule has 326 valence electrons. The van der Waals surface area contributed by atoms with Gasteiger partial charge < -0.3 is 41.7 Å². The lowest BCUT2D eigenvalue weighted by atomic mass is 9.82. The van der Waals surface area contributed by atoms with E-state index in [0.29, 0.717) is 106 Å². The monoisotopic (exact) mass is 880 g/mol. The molecular formula is C46H56N8O6S2+2. The summed E-state index contributed by atoms with van der Waals surface area (Å²) in [5.41, 5.74) is 16.6. The summed E-state index contributed by atoms with van der Waals surface area (Å²) in [5, 5.41) is 12.7. The van der Waals surface area contributed by atoms with Crippen LogP contribution < -0.4 is 32.7 Å². The van der Waals surface area contributed by atoms with E-state index in [2.05, 4.69) is 21.3 Å². The molecule has 4 aromatic carbocycles. The van der Waals surface area contributed by atoms with Crippen LogP contribution in [0, 0.1) is 0 Å². The Labute approximate surface area is 370 Å². The second kappa shape index (κ2) is 20.0. The van der Waals surface area contributed by atoms with Gasteiger partial charge in [-0.15, -0.1) is 0 Å². The van der Waals surface area contributed by atoms with Crippen LogP contribution in [0.4, 0.5) is 22.7 Å². The number of carbonyl (C=O) groups is 6. The summed E-state index contributed by atoms with van der Waals surface area (Å²) in [6.45, 7) is 4.23. The van der Waals surface area contributed by atoms with Gasteiger partial charge in [-0.25, -0.2) is 0 Å². The molecule has 6 rings (SSSR count). The minimum absolute atomic E-state index is 0.0327. The van der Waals surface area contributed by atoms with Gasteiger partial charge in [-0.1, -0.05) is 70.1 Å². The van der Waals surface area contributed by atoms with Crippen LogP contribution in [0.2, 0.25) is 0 Å². The van der Waals surface area contributed by atoms with Crippen molar-refractivity contribution in [1.29, 1.82) is 0 Å². The van der Waals surface area contributed by atoms with E-state index in [1.807, 2.05) is 28.2 Å². The van der Waals surface area contributed by atoms with Gasteiger partial charge in [-0.3, -0.25) is 28.8 Å². The van der Waals surface area contributed by atoms with Crippen molar-refractivity contribution in [3.8, 4) is 0 Å². The summed E-state index contributed by atoms with van der Waals surface area (Å²) in [5.74, 6) is 0.447. The number of anilines is 4. The lowest BCUT2D eigenvalue weighted by Crippen LogP contribution is -2.48. The first kappa shape index (κ1) is 45.8. The highest BCUT2D eigenvalue weighted by Gasteiger charge is 2.35. The standard InChI is InChI=1S/C46H54N8O6S2/c1-53(2,23-9-19-49-35-17-15-33(47)39-41(35)45(59)31-13-7-5-11-29(31)43(39)57)27-37(55)51-21-25-61-62-26-22-52-38(56)28-54(3,4)24-10-20-50-36-18-16-34(48)40-42(36)46(60)32-14-8-6-12-30(32)44(40)58/h5-8,11-18H,9-10,19-28H2,1-4H3,(H6-2,47,48,49,50,51,52,55,56,57,58,59,60)/p+2. The van der Waals surface area contributed by atoms with Gasteiger partial charge >= 0.3 is 0 Å². The van der Waals surface area contributed by atoms with Crippen molar-refractivity contribution in [1.82, 2.24) is 10.6 Å². The molecule has 0 bridgehead atoms. The van der Waals surface area contributed by atoms with Crippen LogP contribution in [-0.4, -0.2) is 136 Å². The second-order valence-electron chi connectivity index (χ2n) is 16.9. The third kappa shape index (κ3) is 10.8. The van der Waals surface area contributed by atoms with Crippen molar-refractivity contribution in [3.05, 3.63) is 117 Å². The van der Waals surface area contributed by atoms with Gasteiger partial charge in [0.1, 0.15) is 0 Å². The summed E-state index contributed by atoms with van der Waals surface area (Å²) in [7, 11) is 11.3. The number of quaternary nitrogens is 2. The van der Waals surface area contributed by atoms with Crippen molar-refractivity contribution in [2.24, 2.45) is 0 Å². The topological polar surface area (TPSA) is 203 Å². The van der Waals surface area contributed by atoms with E-state index in [1.54, 1.807) is 94.4 Å². The number of nitrogen functional groups attached to an aromatic ring is 2. The molecule has 2 amide bonds. The molecule has 4 aromatic rings. The Bertz CT molecular complexity index is 2240. The number of nitrogens with two attached hydrogens (primary N) is 2. The number of nitrogens with one attached hydrogen (secondary N) is 4. The number of ketones is 4. The van der Waals surface area contributed by atoms with Crippen molar-refractivity contribution in [2.75, 3.05) is 114 Å². The molecule has 0 heterocycles. The fourth-order valence-electron chi connectivity index (χ4n) is 7.88. The highest BCUT2D eigenvalue weighted by molar-refractivity contribution is 8.76. The van der Waals surface area contributed by atoms with E-state index < -0.39 is 0 Å². The summed E-state index contributed by atoms with van der Waals surface area (Å²) >= 11 is 0. The van der Waals surface area contributed by atoms with Crippen LogP contribution in [0.5, 0.6) is 0 Å². The Balaban J connectivity index is 0.812. The molecule has 2 aliphatic rings. The number of carbonyl (C=O) groups excluding carboxylic acids is 6. The zero-order valence-corrected chi connectivity index (χ0v) is 37.4. The summed E-state index contributed by atoms with van der Waals surface area (Å²) < 4.78 is 0.969. The lowest BCUT2D eigenvalue weighted by molar-refractivity contribution is -0.882. The molecule has 0 aliphatic heterocycles. The number of hydrogen-bond donors (Lipinski definition) is 6. The maximum Gasteiger partial charge on any atom is 0.275 e. The molecule has 0 aromatic heterocycles. The summed E-state index contributed by atoms with van der Waals surface area (Å²) in [4.78, 5) is 78.6. The fraction of sp³-hybridized carbons (Fsp3) is 0.348. The number of rotatable bonds is 21. The van der Waals surface area contributed by atoms with Gasteiger partial charge in [0.2, 0.25) is 0 Å². The SMILES string of the molecule is C[N+](C)(CCCNc1ccc(N)c2c1C(=O)c1ccccc1C2=O)CC(=O)NCCSSCCNC(=O)C[N+](C)(C)CCCNc1ccc(N)c2c1C(=O)c1ccccc1C2=O. The number of benzene rings is 4. The Morgan fingerprint density at radius 3 is 1.19 bits per heavy atom. The lowest BCUT2D eigenvalue weighted by Gasteiger charge is -2.29. The third-order valence-corrected chi connectivity index (χ3v) is 13.4. The Kier molecular flexibility index (Phi) is 14.8. The van der Waals surface area contributed by atoms with Crippen LogP contribution in [0.1, 0.15) is 76.5 Å². The average Bonchev–Trinajstić information content (AvgIpc) is 3.23. The smallest absolute Gasteiger partial charge is 0.275 e. The molecule has 0 fully saturated rings. The van der Waals surface area contributed by atoms with Gasteiger partial charge in [-0.2, -0.15) is 0 Å². The molecule has 14 nitrogen and oxygen atoms in total. The van der Waals surface area contributed by atoms with Crippen LogP contribution in [0.15, 0.2) is 72.8 Å². The summed E-state index contributed by atoms with van der Waals surface area (Å²) in [6.07, 6.45) is 1.46. The molecule has 0 unspecified atom stereocenters. The van der Waals surface area contributed by atoms with Crippen LogP contribution >= 0.6 is 21.6 Å². The number of nitrogens with zero attached hydrogens (tertiary/aromatic N) is 2. The molecule has 8 N–H and O–H groups in total. The minimum atomic E-state index is -0.250. The van der Waals surface area contributed by atoms with Gasteiger partial charge in [0.05, 0.1) is 63.5 Å². The maximum absolute atomic E-state index is 13.4. The zero-order chi connectivity index (χ0) is 44.6. The normalized spacial score (nSPS) is 13.2. The zero-order valence-electron chi connectivity index (χ0n) is 35.7. The molecular weight excluding hydrogens is 825 g/mol. The number of likely N-dealkylation sites (N-methyl/N-ethyl adjacent to an activating group) is 2. The molecule has 0 saturated heterocycles. The van der Waals surface area contributed by atoms with Gasteiger partial charge in [0, 0.05) is 95.5 Å². The molecule has 2 aliphatic carbocycles. The van der Waals surface area contributed by atoms with E-state index in [0.717, 1.165) is 24.3 Å². The summed E-state index contributed by atoms with van der Waals surface area (Å²) in [6, 6.07) is 20.4. The van der Waals surface area contributed by atoms with E-state index in [-0.39, 0.29) is 57.4 Å². The number of fused-ring (bicyclic) bond motifs is 4. The van der Waals surface area contributed by atoms with Gasteiger partial charge in [0.15, 0.2) is 36.2 Å². The Morgan fingerprint density at radius 1 is 0.500 bits per heavy atom. The third-order valence-electron chi connectivity index (χ3n) is 11.0. The molecule has 62 heavy (non-hydrogen) atoms. The van der Waals surface area contributed by atoms with E-state index >= 15 is 0 Å². The van der Waals surface area contributed by atoms with Crippen LogP contribution in [-0.2, 0) is 9.59 Å². The van der Waals surface area contributed by atoms with Crippen molar-refractivity contribution in [2.45, 2.75) is 12.8 Å².